The number of fused-ring (bicyclic) bond motifs is 1. The normalized spacial score (nSPS) is 18.9. The molecule has 30 heavy (non-hydrogen) atoms. The van der Waals surface area contributed by atoms with Gasteiger partial charge in [0, 0.05) is 29.4 Å². The predicted octanol–water partition coefficient (Wildman–Crippen LogP) is 4.24. The minimum absolute atomic E-state index is 0.0119. The number of pyridine rings is 1. The maximum absolute atomic E-state index is 14.6. The van der Waals surface area contributed by atoms with Crippen LogP contribution in [0.4, 0.5) is 15.3 Å². The van der Waals surface area contributed by atoms with Gasteiger partial charge >= 0.3 is 0 Å². The number of anilines is 2. The molecule has 0 aromatic carbocycles. The van der Waals surface area contributed by atoms with Crippen molar-refractivity contribution in [1.29, 1.82) is 0 Å². The van der Waals surface area contributed by atoms with Crippen molar-refractivity contribution >= 4 is 39.1 Å². The number of likely N-dealkylation sites (tertiary alicyclic amines) is 1. The molecule has 1 amide bonds. The number of aryl methyl sites for hydroxylation is 1. The number of hydrogen-bond acceptors (Lipinski definition) is 6. The lowest BCUT2D eigenvalue weighted by molar-refractivity contribution is -0.125. The predicted molar refractivity (Wildman–Crippen MR) is 116 cm³/mol. The molecule has 1 N–H and O–H groups in total. The molecule has 1 fully saturated rings. The lowest BCUT2D eigenvalue weighted by Crippen LogP contribution is -2.30. The smallest absolute Gasteiger partial charge is 0.246 e. The molecule has 1 aliphatic rings. The molecule has 7 nitrogen and oxygen atoms in total. The van der Waals surface area contributed by atoms with Gasteiger partial charge in [-0.15, -0.1) is 11.3 Å². The van der Waals surface area contributed by atoms with E-state index >= 15 is 0 Å². The summed E-state index contributed by atoms with van der Waals surface area (Å²) in [7, 11) is 0. The van der Waals surface area contributed by atoms with E-state index in [2.05, 4.69) is 40.3 Å². The molecule has 0 aliphatic carbocycles. The Kier molecular flexibility index (Phi) is 5.46. The second-order valence-corrected chi connectivity index (χ2v) is 8.82. The first-order chi connectivity index (χ1) is 14.4. The summed E-state index contributed by atoms with van der Waals surface area (Å²) in [4.78, 5) is 23.3. The van der Waals surface area contributed by atoms with Crippen molar-refractivity contribution in [2.75, 3.05) is 18.4 Å². The second-order valence-electron chi connectivity index (χ2n) is 7.58. The van der Waals surface area contributed by atoms with Gasteiger partial charge in [-0.3, -0.25) is 4.79 Å². The fourth-order valence-corrected chi connectivity index (χ4v) is 4.22. The number of nitrogens with one attached hydrogen (secondary N) is 1. The van der Waals surface area contributed by atoms with E-state index < -0.39 is 12.3 Å². The molecule has 3 aromatic heterocycles. The number of nitrogens with zero attached hydrogens (tertiary/aromatic N) is 4. The molecule has 0 radical (unpaired) electrons. The molecule has 3 aromatic rings. The van der Waals surface area contributed by atoms with E-state index in [1.165, 1.54) is 22.3 Å². The number of thiazole rings is 1. The lowest BCUT2D eigenvalue weighted by Gasteiger charge is -2.17. The Morgan fingerprint density at radius 3 is 2.93 bits per heavy atom. The van der Waals surface area contributed by atoms with Crippen molar-refractivity contribution in [3.63, 3.8) is 0 Å². The molecule has 2 atom stereocenters. The Balaban J connectivity index is 1.69. The highest BCUT2D eigenvalue weighted by atomic mass is 32.1. The number of rotatable bonds is 6. The van der Waals surface area contributed by atoms with Gasteiger partial charge in [-0.05, 0) is 32.9 Å². The van der Waals surface area contributed by atoms with Crippen LogP contribution in [0.3, 0.4) is 0 Å². The van der Waals surface area contributed by atoms with Crippen LogP contribution >= 0.6 is 11.3 Å². The van der Waals surface area contributed by atoms with Gasteiger partial charge in [0.15, 0.2) is 17.4 Å². The number of alkyl halides is 1. The zero-order valence-corrected chi connectivity index (χ0v) is 17.9. The molecule has 4 heterocycles. The first-order valence-electron chi connectivity index (χ1n) is 9.78. The average Bonchev–Trinajstić information content (AvgIpc) is 3.40. The number of amides is 1. The van der Waals surface area contributed by atoms with Gasteiger partial charge in [0.1, 0.15) is 5.82 Å². The highest BCUT2D eigenvalue weighted by Crippen LogP contribution is 2.33. The van der Waals surface area contributed by atoms with Gasteiger partial charge < -0.3 is 19.5 Å². The van der Waals surface area contributed by atoms with Crippen LogP contribution in [0.15, 0.2) is 37.2 Å². The molecule has 4 rings (SSSR count). The van der Waals surface area contributed by atoms with Gasteiger partial charge in [0.2, 0.25) is 11.8 Å². The van der Waals surface area contributed by atoms with E-state index in [1.807, 2.05) is 25.3 Å². The summed E-state index contributed by atoms with van der Waals surface area (Å²) >= 11 is 1.52. The van der Waals surface area contributed by atoms with Gasteiger partial charge in [-0.25, -0.2) is 9.37 Å². The molecule has 158 valence electrons. The van der Waals surface area contributed by atoms with Crippen LogP contribution in [0.5, 0.6) is 5.88 Å². The van der Waals surface area contributed by atoms with Gasteiger partial charge in [-0.1, -0.05) is 6.58 Å². The Labute approximate surface area is 178 Å². The van der Waals surface area contributed by atoms with Crippen LogP contribution in [0.2, 0.25) is 0 Å². The summed E-state index contributed by atoms with van der Waals surface area (Å²) in [6.07, 6.45) is 2.86. The zero-order chi connectivity index (χ0) is 21.4. The molecule has 0 saturated carbocycles. The van der Waals surface area contributed by atoms with Crippen molar-refractivity contribution in [3.8, 4) is 5.88 Å². The van der Waals surface area contributed by atoms with Crippen LogP contribution in [-0.4, -0.2) is 50.7 Å². The monoisotopic (exact) mass is 429 g/mol. The van der Waals surface area contributed by atoms with Gasteiger partial charge in [0.05, 0.1) is 24.0 Å². The van der Waals surface area contributed by atoms with Crippen molar-refractivity contribution in [2.24, 2.45) is 0 Å². The maximum atomic E-state index is 14.6. The summed E-state index contributed by atoms with van der Waals surface area (Å²) in [6, 6.07) is 4.09. The number of aromatic nitrogens is 3. The first-order valence-corrected chi connectivity index (χ1v) is 10.6. The van der Waals surface area contributed by atoms with Crippen LogP contribution in [0.1, 0.15) is 24.8 Å². The summed E-state index contributed by atoms with van der Waals surface area (Å²) in [5.74, 6) is 0.602. The van der Waals surface area contributed by atoms with Crippen molar-refractivity contribution in [2.45, 2.75) is 39.1 Å². The quantitative estimate of drug-likeness (QED) is 0.594. The molecule has 0 bridgehead atoms. The van der Waals surface area contributed by atoms with E-state index in [0.717, 1.165) is 20.9 Å². The molecular formula is C21H24FN5O2S. The van der Waals surface area contributed by atoms with E-state index in [1.54, 1.807) is 6.20 Å². The maximum Gasteiger partial charge on any atom is 0.246 e. The van der Waals surface area contributed by atoms with Crippen LogP contribution in [0.25, 0.3) is 10.9 Å². The second kappa shape index (κ2) is 8.06. The Hall–Kier alpha value is -2.94. The third kappa shape index (κ3) is 3.89. The van der Waals surface area contributed by atoms with E-state index in [0.29, 0.717) is 11.7 Å². The first kappa shape index (κ1) is 20.3. The third-order valence-corrected chi connectivity index (χ3v) is 5.87. The number of halogens is 1. The van der Waals surface area contributed by atoms with Gasteiger partial charge in [0.25, 0.3) is 0 Å². The molecule has 9 heteroatoms. The lowest BCUT2D eigenvalue weighted by atomic mass is 10.2. The molecular weight excluding hydrogens is 405 g/mol. The summed E-state index contributed by atoms with van der Waals surface area (Å²) < 4.78 is 22.7. The zero-order valence-electron chi connectivity index (χ0n) is 17.1. The van der Waals surface area contributed by atoms with E-state index in [9.17, 15) is 9.18 Å². The SMILES string of the molecule is C=CC(=O)N1C[C@@H](F)[C@H](Oc2nc(Nc3ncc(C)s3)cc3c2ccn3C(C)C)C1. The molecule has 0 unspecified atom stereocenters. The van der Waals surface area contributed by atoms with Crippen molar-refractivity contribution in [1.82, 2.24) is 19.4 Å². The topological polar surface area (TPSA) is 72.3 Å². The molecule has 1 saturated heterocycles. The van der Waals surface area contributed by atoms with E-state index in [4.69, 9.17) is 4.74 Å². The summed E-state index contributed by atoms with van der Waals surface area (Å²) in [6.45, 7) is 9.77. The minimum atomic E-state index is -1.30. The van der Waals surface area contributed by atoms with E-state index in [-0.39, 0.29) is 25.0 Å². The third-order valence-electron chi connectivity index (χ3n) is 5.04. The summed E-state index contributed by atoms with van der Waals surface area (Å²) in [5.41, 5.74) is 0.929. The van der Waals surface area contributed by atoms with Crippen molar-refractivity contribution < 1.29 is 13.9 Å². The van der Waals surface area contributed by atoms with Crippen molar-refractivity contribution in [3.05, 3.63) is 42.1 Å². The summed E-state index contributed by atoms with van der Waals surface area (Å²) in [5, 5.41) is 4.74. The molecule has 0 spiro atoms. The standard InChI is InChI=1S/C21H24FN5O2S/c1-5-19(28)26-10-15(22)17(11-26)29-20-14-6-7-27(12(2)3)16(14)8-18(24-20)25-21-23-9-13(4)30-21/h5-9,12,15,17H,1,10-11H2,2-4H3,(H,23,24,25)/t15-,17-/m1/s1. The van der Waals surface area contributed by atoms with Crippen LogP contribution < -0.4 is 10.1 Å². The Morgan fingerprint density at radius 2 is 2.27 bits per heavy atom. The van der Waals surface area contributed by atoms with Crippen LogP contribution in [0, 0.1) is 6.92 Å². The van der Waals surface area contributed by atoms with Crippen LogP contribution in [-0.2, 0) is 4.79 Å². The highest BCUT2D eigenvalue weighted by molar-refractivity contribution is 7.15. The number of ether oxygens (including phenoxy) is 1. The fourth-order valence-electron chi connectivity index (χ4n) is 3.55. The highest BCUT2D eigenvalue weighted by Gasteiger charge is 2.37. The van der Waals surface area contributed by atoms with Gasteiger partial charge in [-0.2, -0.15) is 4.98 Å². The Bertz CT molecular complexity index is 1090. The molecule has 1 aliphatic heterocycles. The average molecular weight is 430 g/mol. The fraction of sp³-hybridized carbons (Fsp3) is 0.381. The number of carbonyl (C=O) groups excluding carboxylic acids is 1. The Morgan fingerprint density at radius 1 is 1.47 bits per heavy atom. The number of carbonyl (C=O) groups is 1. The number of hydrogen-bond donors (Lipinski definition) is 1. The largest absolute Gasteiger partial charge is 0.469 e. The minimum Gasteiger partial charge on any atom is -0.469 e.